The highest BCUT2D eigenvalue weighted by molar-refractivity contribution is 9.11. The number of hydrogen-bond donors (Lipinski definition) is 0. The van der Waals surface area contributed by atoms with Gasteiger partial charge in [-0.25, -0.2) is 0 Å². The molecule has 0 amide bonds. The van der Waals surface area contributed by atoms with Crippen molar-refractivity contribution in [3.63, 3.8) is 0 Å². The molecule has 1 aliphatic rings. The first-order chi connectivity index (χ1) is 8.22. The molecule has 3 rings (SSSR count). The summed E-state index contributed by atoms with van der Waals surface area (Å²) in [4.78, 5) is 13.0. The third kappa shape index (κ3) is 2.24. The summed E-state index contributed by atoms with van der Waals surface area (Å²) in [5, 5.41) is 0. The third-order valence-electron chi connectivity index (χ3n) is 3.08. The number of aryl methyl sites for hydroxylation is 1. The average Bonchev–Trinajstić information content (AvgIpc) is 2.86. The second-order valence-corrected chi connectivity index (χ2v) is 6.90. The van der Waals surface area contributed by atoms with Crippen LogP contribution in [0.25, 0.3) is 0 Å². The summed E-state index contributed by atoms with van der Waals surface area (Å²) < 4.78 is 3.28. The molecule has 2 nitrogen and oxygen atoms in total. The number of halogens is 1. The molecular formula is C13H12BrNOS. The Kier molecular flexibility index (Phi) is 2.92. The van der Waals surface area contributed by atoms with Crippen molar-refractivity contribution in [3.8, 4) is 0 Å². The standard InChI is InChI=1S/C13H12BrNOS/c14-13-5-4-10(17-13)7-15-6-9-2-1-3-12(16)11(9)8-15/h4-6,8H,1-3,7H2. The van der Waals surface area contributed by atoms with Crippen molar-refractivity contribution in [3.05, 3.63) is 44.3 Å². The van der Waals surface area contributed by atoms with Crippen molar-refractivity contribution in [2.75, 3.05) is 0 Å². The van der Waals surface area contributed by atoms with Crippen LogP contribution >= 0.6 is 27.3 Å². The predicted octanol–water partition coefficient (Wildman–Crippen LogP) is 3.88. The van der Waals surface area contributed by atoms with Crippen LogP contribution in [0.4, 0.5) is 0 Å². The molecule has 88 valence electrons. The Morgan fingerprint density at radius 3 is 2.88 bits per heavy atom. The fraction of sp³-hybridized carbons (Fsp3) is 0.308. The zero-order chi connectivity index (χ0) is 11.8. The van der Waals surface area contributed by atoms with Crippen LogP contribution in [-0.4, -0.2) is 10.4 Å². The number of Topliss-reactive ketones (excluding diaryl/α,β-unsaturated/α-hetero) is 1. The lowest BCUT2D eigenvalue weighted by Crippen LogP contribution is -2.07. The van der Waals surface area contributed by atoms with Crippen LogP contribution in [0, 0.1) is 0 Å². The van der Waals surface area contributed by atoms with Gasteiger partial charge in [-0.3, -0.25) is 4.79 Å². The van der Waals surface area contributed by atoms with Gasteiger partial charge in [0.25, 0.3) is 0 Å². The van der Waals surface area contributed by atoms with Crippen LogP contribution < -0.4 is 0 Å². The highest BCUT2D eigenvalue weighted by atomic mass is 79.9. The van der Waals surface area contributed by atoms with Crippen LogP contribution in [0.2, 0.25) is 0 Å². The number of fused-ring (bicyclic) bond motifs is 1. The van der Waals surface area contributed by atoms with Crippen molar-refractivity contribution in [2.24, 2.45) is 0 Å². The summed E-state index contributed by atoms with van der Waals surface area (Å²) in [5.41, 5.74) is 2.16. The van der Waals surface area contributed by atoms with Gasteiger partial charge < -0.3 is 4.57 Å². The van der Waals surface area contributed by atoms with E-state index in [9.17, 15) is 4.79 Å². The van der Waals surface area contributed by atoms with Crippen molar-refractivity contribution in [1.29, 1.82) is 0 Å². The van der Waals surface area contributed by atoms with E-state index in [0.717, 1.165) is 28.7 Å². The number of ketones is 1. The number of carbonyl (C=O) groups is 1. The monoisotopic (exact) mass is 309 g/mol. The molecule has 0 saturated heterocycles. The smallest absolute Gasteiger partial charge is 0.164 e. The predicted molar refractivity (Wildman–Crippen MR) is 72.8 cm³/mol. The Morgan fingerprint density at radius 2 is 2.18 bits per heavy atom. The van der Waals surface area contributed by atoms with Gasteiger partial charge in [-0.15, -0.1) is 11.3 Å². The molecule has 0 N–H and O–H groups in total. The molecule has 2 aromatic rings. The summed E-state index contributed by atoms with van der Waals surface area (Å²) >= 11 is 5.21. The molecule has 0 atom stereocenters. The number of aromatic nitrogens is 1. The Hall–Kier alpha value is -0.870. The SMILES string of the molecule is O=C1CCCc2cn(Cc3ccc(Br)s3)cc21. The second-order valence-electron chi connectivity index (χ2n) is 4.35. The van der Waals surface area contributed by atoms with E-state index in [1.165, 1.54) is 10.4 Å². The molecule has 0 radical (unpaired) electrons. The highest BCUT2D eigenvalue weighted by Crippen LogP contribution is 2.25. The molecule has 4 heteroatoms. The quantitative estimate of drug-likeness (QED) is 0.825. The summed E-state index contributed by atoms with van der Waals surface area (Å²) in [6, 6.07) is 4.18. The van der Waals surface area contributed by atoms with Gasteiger partial charge in [0.15, 0.2) is 5.78 Å². The lowest BCUT2D eigenvalue weighted by atomic mass is 9.95. The van der Waals surface area contributed by atoms with Crippen molar-refractivity contribution in [2.45, 2.75) is 25.8 Å². The number of rotatable bonds is 2. The third-order valence-corrected chi connectivity index (χ3v) is 4.69. The summed E-state index contributed by atoms with van der Waals surface area (Å²) in [6.07, 6.45) is 6.88. The van der Waals surface area contributed by atoms with E-state index < -0.39 is 0 Å². The van der Waals surface area contributed by atoms with E-state index in [-0.39, 0.29) is 0 Å². The van der Waals surface area contributed by atoms with Crippen LogP contribution in [0.5, 0.6) is 0 Å². The van der Waals surface area contributed by atoms with Gasteiger partial charge in [-0.2, -0.15) is 0 Å². The van der Waals surface area contributed by atoms with Crippen molar-refractivity contribution in [1.82, 2.24) is 4.57 Å². The molecule has 0 aliphatic heterocycles. The fourth-order valence-corrected chi connectivity index (χ4v) is 3.78. The van der Waals surface area contributed by atoms with Gasteiger partial charge >= 0.3 is 0 Å². The lowest BCUT2D eigenvalue weighted by Gasteiger charge is -2.07. The molecule has 2 heterocycles. The first-order valence-corrected chi connectivity index (χ1v) is 7.29. The molecule has 0 bridgehead atoms. The number of carbonyl (C=O) groups excluding carboxylic acids is 1. The van der Waals surface area contributed by atoms with Crippen LogP contribution in [0.1, 0.15) is 33.6 Å². The van der Waals surface area contributed by atoms with Gasteiger partial charge in [0.1, 0.15) is 0 Å². The molecule has 0 aromatic carbocycles. The first-order valence-electron chi connectivity index (χ1n) is 5.68. The Morgan fingerprint density at radius 1 is 1.29 bits per heavy atom. The number of thiophene rings is 1. The summed E-state index contributed by atoms with van der Waals surface area (Å²) in [7, 11) is 0. The molecule has 0 fully saturated rings. The van der Waals surface area contributed by atoms with E-state index in [2.05, 4.69) is 38.8 Å². The van der Waals surface area contributed by atoms with Gasteiger partial charge in [0.2, 0.25) is 0 Å². The first kappa shape index (κ1) is 11.2. The summed E-state index contributed by atoms with van der Waals surface area (Å²) in [6.45, 7) is 0.858. The number of hydrogen-bond acceptors (Lipinski definition) is 2. The van der Waals surface area contributed by atoms with Crippen LogP contribution in [0.3, 0.4) is 0 Å². The zero-order valence-corrected chi connectivity index (χ0v) is 11.7. The molecule has 0 unspecified atom stereocenters. The number of nitrogens with zero attached hydrogens (tertiary/aromatic N) is 1. The molecule has 1 aliphatic carbocycles. The molecule has 17 heavy (non-hydrogen) atoms. The van der Waals surface area contributed by atoms with E-state index in [0.29, 0.717) is 12.2 Å². The van der Waals surface area contributed by atoms with Crippen LogP contribution in [-0.2, 0) is 13.0 Å². The van der Waals surface area contributed by atoms with Crippen LogP contribution in [0.15, 0.2) is 28.3 Å². The van der Waals surface area contributed by atoms with E-state index in [4.69, 9.17) is 0 Å². The maximum absolute atomic E-state index is 11.7. The fourth-order valence-electron chi connectivity index (χ4n) is 2.29. The minimum absolute atomic E-state index is 0.303. The zero-order valence-electron chi connectivity index (χ0n) is 9.28. The molecular weight excluding hydrogens is 298 g/mol. The molecule has 2 aromatic heterocycles. The highest BCUT2D eigenvalue weighted by Gasteiger charge is 2.19. The molecule has 0 spiro atoms. The van der Waals surface area contributed by atoms with Gasteiger partial charge in [0.05, 0.1) is 10.3 Å². The minimum atomic E-state index is 0.303. The summed E-state index contributed by atoms with van der Waals surface area (Å²) in [5.74, 6) is 0.303. The average molecular weight is 310 g/mol. The maximum atomic E-state index is 11.7. The largest absolute Gasteiger partial charge is 0.348 e. The lowest BCUT2D eigenvalue weighted by molar-refractivity contribution is 0.0973. The van der Waals surface area contributed by atoms with Gasteiger partial charge in [0, 0.05) is 29.3 Å². The Balaban J connectivity index is 1.87. The Labute approximate surface area is 112 Å². The Bertz CT molecular complexity index is 570. The normalized spacial score (nSPS) is 15.0. The van der Waals surface area contributed by atoms with E-state index in [1.807, 2.05) is 6.20 Å². The van der Waals surface area contributed by atoms with E-state index >= 15 is 0 Å². The van der Waals surface area contributed by atoms with Gasteiger partial charge in [-0.1, -0.05) is 0 Å². The topological polar surface area (TPSA) is 22.0 Å². The van der Waals surface area contributed by atoms with Gasteiger partial charge in [-0.05, 0) is 46.5 Å². The molecule has 0 saturated carbocycles. The minimum Gasteiger partial charge on any atom is -0.348 e. The van der Waals surface area contributed by atoms with Crippen molar-refractivity contribution >= 4 is 33.0 Å². The second kappa shape index (κ2) is 4.42. The van der Waals surface area contributed by atoms with E-state index in [1.54, 1.807) is 11.3 Å². The van der Waals surface area contributed by atoms with Crippen molar-refractivity contribution < 1.29 is 4.79 Å². The maximum Gasteiger partial charge on any atom is 0.164 e.